The number of carboxylic acids is 1. The van der Waals surface area contributed by atoms with E-state index >= 15 is 0 Å². The van der Waals surface area contributed by atoms with Gasteiger partial charge in [-0.2, -0.15) is 0 Å². The SMILES string of the molecule is CC(CCCC(=O)O)NC(=O)c1cc(Br)c(Br)s1. The van der Waals surface area contributed by atoms with E-state index in [0.717, 1.165) is 8.26 Å². The molecule has 4 nitrogen and oxygen atoms in total. The van der Waals surface area contributed by atoms with E-state index in [0.29, 0.717) is 17.7 Å². The summed E-state index contributed by atoms with van der Waals surface area (Å²) in [6.07, 6.45) is 1.36. The lowest BCUT2D eigenvalue weighted by molar-refractivity contribution is -0.137. The third-order valence-electron chi connectivity index (χ3n) is 2.27. The Bertz CT molecular complexity index is 428. The number of carbonyl (C=O) groups is 2. The quantitative estimate of drug-likeness (QED) is 0.768. The molecule has 0 saturated heterocycles. The molecule has 100 valence electrons. The van der Waals surface area contributed by atoms with Crippen molar-refractivity contribution in [1.29, 1.82) is 0 Å². The van der Waals surface area contributed by atoms with Crippen molar-refractivity contribution in [2.75, 3.05) is 0 Å². The van der Waals surface area contributed by atoms with E-state index in [4.69, 9.17) is 5.11 Å². The second-order valence-corrected chi connectivity index (χ2v) is 7.12. The van der Waals surface area contributed by atoms with Crippen LogP contribution >= 0.6 is 43.2 Å². The second kappa shape index (κ2) is 7.25. The Kier molecular flexibility index (Phi) is 6.31. The van der Waals surface area contributed by atoms with Gasteiger partial charge in [0.2, 0.25) is 0 Å². The highest BCUT2D eigenvalue weighted by Gasteiger charge is 2.14. The van der Waals surface area contributed by atoms with Gasteiger partial charge in [0, 0.05) is 16.9 Å². The Hall–Kier alpha value is -0.400. The molecular weight excluding hydrogens is 386 g/mol. The number of carboxylic acid groups (broad SMARTS) is 1. The van der Waals surface area contributed by atoms with Crippen molar-refractivity contribution < 1.29 is 14.7 Å². The first-order valence-corrected chi connectivity index (χ1v) is 7.78. The zero-order valence-electron chi connectivity index (χ0n) is 9.70. The largest absolute Gasteiger partial charge is 0.481 e. The van der Waals surface area contributed by atoms with Gasteiger partial charge in [0.05, 0.1) is 8.66 Å². The summed E-state index contributed by atoms with van der Waals surface area (Å²) in [5, 5.41) is 11.4. The van der Waals surface area contributed by atoms with Crippen molar-refractivity contribution in [2.45, 2.75) is 32.2 Å². The number of hydrogen-bond acceptors (Lipinski definition) is 3. The van der Waals surface area contributed by atoms with Gasteiger partial charge in [0.25, 0.3) is 5.91 Å². The molecule has 18 heavy (non-hydrogen) atoms. The van der Waals surface area contributed by atoms with Gasteiger partial charge >= 0.3 is 5.97 Å². The van der Waals surface area contributed by atoms with E-state index in [9.17, 15) is 9.59 Å². The topological polar surface area (TPSA) is 66.4 Å². The molecule has 1 heterocycles. The van der Waals surface area contributed by atoms with E-state index in [1.807, 2.05) is 6.92 Å². The number of halogens is 2. The number of hydrogen-bond donors (Lipinski definition) is 2. The molecule has 0 aromatic carbocycles. The summed E-state index contributed by atoms with van der Waals surface area (Å²) in [5.74, 6) is -0.936. The van der Waals surface area contributed by atoms with Crippen LogP contribution in [0.4, 0.5) is 0 Å². The number of amides is 1. The van der Waals surface area contributed by atoms with Crippen molar-refractivity contribution >= 4 is 55.1 Å². The molecule has 0 saturated carbocycles. The highest BCUT2D eigenvalue weighted by atomic mass is 79.9. The predicted octanol–water partition coefficient (Wildman–Crippen LogP) is 3.65. The Morgan fingerprint density at radius 3 is 2.67 bits per heavy atom. The third kappa shape index (κ3) is 5.07. The standard InChI is InChI=1S/C11H13Br2NO3S/c1-6(3-2-4-9(15)16)14-11(17)8-5-7(12)10(13)18-8/h5-6H,2-4H2,1H3,(H,14,17)(H,15,16). The Morgan fingerprint density at radius 2 is 2.17 bits per heavy atom. The zero-order chi connectivity index (χ0) is 13.7. The summed E-state index contributed by atoms with van der Waals surface area (Å²) in [6.45, 7) is 1.87. The molecule has 1 rings (SSSR count). The van der Waals surface area contributed by atoms with Crippen molar-refractivity contribution in [3.05, 3.63) is 19.2 Å². The Labute approximate surface area is 126 Å². The Balaban J connectivity index is 2.42. The molecule has 1 aromatic rings. The summed E-state index contributed by atoms with van der Waals surface area (Å²) in [4.78, 5) is 22.9. The summed E-state index contributed by atoms with van der Waals surface area (Å²) < 4.78 is 1.74. The lowest BCUT2D eigenvalue weighted by atomic mass is 10.1. The van der Waals surface area contributed by atoms with E-state index in [1.165, 1.54) is 11.3 Å². The first-order chi connectivity index (χ1) is 8.40. The summed E-state index contributed by atoms with van der Waals surface area (Å²) in [7, 11) is 0. The van der Waals surface area contributed by atoms with Crippen molar-refractivity contribution in [3.63, 3.8) is 0 Å². The van der Waals surface area contributed by atoms with Gasteiger partial charge in [0.15, 0.2) is 0 Å². The van der Waals surface area contributed by atoms with Gasteiger partial charge in [-0.1, -0.05) is 0 Å². The lowest BCUT2D eigenvalue weighted by Gasteiger charge is -2.12. The molecular formula is C11H13Br2NO3S. The number of nitrogens with one attached hydrogen (secondary N) is 1. The predicted molar refractivity (Wildman–Crippen MR) is 78.1 cm³/mol. The number of carbonyl (C=O) groups excluding carboxylic acids is 1. The smallest absolute Gasteiger partial charge is 0.303 e. The van der Waals surface area contributed by atoms with Crippen LogP contribution in [0.3, 0.4) is 0 Å². The fourth-order valence-electron chi connectivity index (χ4n) is 1.39. The van der Waals surface area contributed by atoms with Crippen molar-refractivity contribution in [2.24, 2.45) is 0 Å². The molecule has 0 bridgehead atoms. The van der Waals surface area contributed by atoms with Crippen molar-refractivity contribution in [1.82, 2.24) is 5.32 Å². The fourth-order valence-corrected chi connectivity index (χ4v) is 3.32. The fraction of sp³-hybridized carbons (Fsp3) is 0.455. The van der Waals surface area contributed by atoms with Gasteiger partial charge < -0.3 is 10.4 Å². The maximum atomic E-state index is 11.9. The normalized spacial score (nSPS) is 12.2. The van der Waals surface area contributed by atoms with Crippen LogP contribution in [0.2, 0.25) is 0 Å². The molecule has 7 heteroatoms. The molecule has 0 radical (unpaired) electrons. The average Bonchev–Trinajstić information content (AvgIpc) is 2.58. The minimum absolute atomic E-state index is 0.0310. The first kappa shape index (κ1) is 15.7. The molecule has 0 fully saturated rings. The van der Waals surface area contributed by atoms with Crippen LogP contribution in [0.1, 0.15) is 35.9 Å². The summed E-state index contributed by atoms with van der Waals surface area (Å²) in [5.41, 5.74) is 0. The molecule has 0 spiro atoms. The lowest BCUT2D eigenvalue weighted by Crippen LogP contribution is -2.32. The van der Waals surface area contributed by atoms with Crippen LogP contribution in [-0.2, 0) is 4.79 Å². The highest BCUT2D eigenvalue weighted by Crippen LogP contribution is 2.32. The molecule has 1 aromatic heterocycles. The molecule has 0 aliphatic heterocycles. The van der Waals surface area contributed by atoms with Crippen molar-refractivity contribution in [3.8, 4) is 0 Å². The van der Waals surface area contributed by atoms with Gasteiger partial charge in [-0.25, -0.2) is 0 Å². The maximum Gasteiger partial charge on any atom is 0.303 e. The van der Waals surface area contributed by atoms with Gasteiger partial charge in [0.1, 0.15) is 0 Å². The number of aliphatic carboxylic acids is 1. The average molecular weight is 399 g/mol. The van der Waals surface area contributed by atoms with E-state index in [2.05, 4.69) is 37.2 Å². The second-order valence-electron chi connectivity index (χ2n) is 3.89. The van der Waals surface area contributed by atoms with Gasteiger partial charge in [-0.05, 0) is 57.7 Å². The van der Waals surface area contributed by atoms with Crippen LogP contribution in [0.25, 0.3) is 0 Å². The number of rotatable bonds is 6. The zero-order valence-corrected chi connectivity index (χ0v) is 13.7. The molecule has 1 amide bonds. The molecule has 0 aliphatic carbocycles. The molecule has 0 aliphatic rings. The maximum absolute atomic E-state index is 11.9. The summed E-state index contributed by atoms with van der Waals surface area (Å²) in [6, 6.07) is 1.73. The molecule has 2 N–H and O–H groups in total. The highest BCUT2D eigenvalue weighted by molar-refractivity contribution is 9.13. The molecule has 1 atom stereocenters. The van der Waals surface area contributed by atoms with E-state index < -0.39 is 5.97 Å². The van der Waals surface area contributed by atoms with E-state index in [-0.39, 0.29) is 18.4 Å². The Morgan fingerprint density at radius 1 is 1.50 bits per heavy atom. The van der Waals surface area contributed by atoms with Gasteiger partial charge in [-0.15, -0.1) is 11.3 Å². The van der Waals surface area contributed by atoms with Crippen LogP contribution < -0.4 is 5.32 Å². The van der Waals surface area contributed by atoms with Crippen LogP contribution in [0, 0.1) is 0 Å². The van der Waals surface area contributed by atoms with Gasteiger partial charge in [-0.3, -0.25) is 9.59 Å². The van der Waals surface area contributed by atoms with E-state index in [1.54, 1.807) is 6.07 Å². The molecule has 1 unspecified atom stereocenters. The van der Waals surface area contributed by atoms with Crippen LogP contribution in [0.15, 0.2) is 14.3 Å². The minimum Gasteiger partial charge on any atom is -0.481 e. The summed E-state index contributed by atoms with van der Waals surface area (Å²) >= 11 is 8.02. The van der Waals surface area contributed by atoms with Crippen LogP contribution in [-0.4, -0.2) is 23.0 Å². The number of thiophene rings is 1. The monoisotopic (exact) mass is 397 g/mol. The minimum atomic E-state index is -0.806. The first-order valence-electron chi connectivity index (χ1n) is 5.37. The third-order valence-corrected chi connectivity index (χ3v) is 5.53. The van der Waals surface area contributed by atoms with Crippen LogP contribution in [0.5, 0.6) is 0 Å².